The lowest BCUT2D eigenvalue weighted by Gasteiger charge is -2.11. The van der Waals surface area contributed by atoms with Gasteiger partial charge in [-0.05, 0) is 31.5 Å². The summed E-state index contributed by atoms with van der Waals surface area (Å²) in [5.41, 5.74) is -1.02. The highest BCUT2D eigenvalue weighted by atomic mass is 32.2. The second-order valence-corrected chi connectivity index (χ2v) is 8.08. The quantitative estimate of drug-likeness (QED) is 0.539. The molecule has 154 valence electrons. The Labute approximate surface area is 166 Å². The predicted molar refractivity (Wildman–Crippen MR) is 105 cm³/mol. The van der Waals surface area contributed by atoms with Crippen LogP contribution in [0.4, 0.5) is 14.5 Å². The molecule has 0 unspecified atom stereocenters. The third-order valence-electron chi connectivity index (χ3n) is 4.12. The molecule has 0 aliphatic carbocycles. The second-order valence-electron chi connectivity index (χ2n) is 6.24. The molecule has 0 aliphatic rings. The molecule has 0 spiro atoms. The number of rotatable bonds is 8. The highest BCUT2D eigenvalue weighted by molar-refractivity contribution is 7.92. The van der Waals surface area contributed by atoms with E-state index in [1.54, 1.807) is 19.9 Å². The summed E-state index contributed by atoms with van der Waals surface area (Å²) in [6.07, 6.45) is 3.07. The Hall–Kier alpha value is -3.01. The molecule has 0 saturated heterocycles. The number of sulfonamides is 1. The van der Waals surface area contributed by atoms with Gasteiger partial charge in [0, 0.05) is 17.1 Å². The zero-order chi connectivity index (χ0) is 21.2. The molecule has 0 radical (unpaired) electrons. The van der Waals surface area contributed by atoms with Gasteiger partial charge in [0.15, 0.2) is 5.82 Å². The molecule has 10 heteroatoms. The van der Waals surface area contributed by atoms with Crippen LogP contribution in [-0.2, 0) is 10.0 Å². The Morgan fingerprint density at radius 3 is 2.72 bits per heavy atom. The number of fused-ring (bicyclic) bond motifs is 1. The number of pyridine rings is 1. The van der Waals surface area contributed by atoms with Gasteiger partial charge in [-0.15, -0.1) is 0 Å². The van der Waals surface area contributed by atoms with Crippen LogP contribution in [0.2, 0.25) is 0 Å². The second kappa shape index (κ2) is 8.16. The normalized spacial score (nSPS) is 11.6. The Bertz CT molecular complexity index is 1180. The number of nitrogens with zero attached hydrogens (tertiary/aromatic N) is 1. The van der Waals surface area contributed by atoms with Gasteiger partial charge in [-0.2, -0.15) is 0 Å². The van der Waals surface area contributed by atoms with Crippen molar-refractivity contribution < 1.29 is 26.7 Å². The Kier molecular flexibility index (Phi) is 5.83. The van der Waals surface area contributed by atoms with Crippen LogP contribution in [0.1, 0.15) is 36.2 Å². The number of hydrogen-bond acceptors (Lipinski definition) is 5. The number of hydrogen-bond donors (Lipinski definition) is 2. The van der Waals surface area contributed by atoms with Gasteiger partial charge in [-0.25, -0.2) is 22.2 Å². The van der Waals surface area contributed by atoms with E-state index in [9.17, 15) is 22.0 Å². The van der Waals surface area contributed by atoms with E-state index in [-0.39, 0.29) is 11.3 Å². The zero-order valence-electron chi connectivity index (χ0n) is 15.8. The fourth-order valence-electron chi connectivity index (χ4n) is 2.88. The number of ether oxygens (including phenoxy) is 1. The third-order valence-corrected chi connectivity index (χ3v) is 5.59. The number of nitrogens with one attached hydrogen (secondary N) is 2. The van der Waals surface area contributed by atoms with Crippen LogP contribution in [0.3, 0.4) is 0 Å². The molecule has 2 aromatic heterocycles. The first-order chi connectivity index (χ1) is 13.8. The van der Waals surface area contributed by atoms with Gasteiger partial charge in [0.2, 0.25) is 15.8 Å². The Morgan fingerprint density at radius 1 is 1.28 bits per heavy atom. The molecule has 0 bridgehead atoms. The SMILES string of the molecule is CCCS(=O)(=O)Nc1ccc(F)c(C(=O)c2c[nH]c3ncc(OCC)cc23)c1F. The standard InChI is InChI=1S/C19H19F2N3O4S/c1-3-7-29(26,27)24-15-6-5-14(20)16(17(15)21)18(25)13-10-23-19-12(13)8-11(9-22-19)28-4-2/h5-6,8-10,24H,3-4,7H2,1-2H3,(H,22,23). The van der Waals surface area contributed by atoms with Crippen molar-refractivity contribution >= 4 is 32.5 Å². The molecular formula is C19H19F2N3O4S. The van der Waals surface area contributed by atoms with Crippen LogP contribution in [0.5, 0.6) is 5.75 Å². The first-order valence-electron chi connectivity index (χ1n) is 8.90. The van der Waals surface area contributed by atoms with Crippen LogP contribution in [0.15, 0.2) is 30.6 Å². The molecule has 29 heavy (non-hydrogen) atoms. The lowest BCUT2D eigenvalue weighted by atomic mass is 10.0. The molecule has 3 aromatic rings. The number of carbonyl (C=O) groups is 1. The molecular weight excluding hydrogens is 404 g/mol. The molecule has 0 fully saturated rings. The fourth-order valence-corrected chi connectivity index (χ4v) is 4.01. The fraction of sp³-hybridized carbons (Fsp3) is 0.263. The molecule has 2 N–H and O–H groups in total. The minimum atomic E-state index is -3.82. The smallest absolute Gasteiger partial charge is 0.232 e. The predicted octanol–water partition coefficient (Wildman–Crippen LogP) is 3.62. The van der Waals surface area contributed by atoms with E-state index in [1.807, 2.05) is 0 Å². The third kappa shape index (κ3) is 4.21. The van der Waals surface area contributed by atoms with Gasteiger partial charge in [0.1, 0.15) is 17.2 Å². The first-order valence-corrected chi connectivity index (χ1v) is 10.6. The van der Waals surface area contributed by atoms with Crippen molar-refractivity contribution in [1.82, 2.24) is 9.97 Å². The van der Waals surface area contributed by atoms with Crippen molar-refractivity contribution in [2.24, 2.45) is 0 Å². The van der Waals surface area contributed by atoms with E-state index >= 15 is 0 Å². The molecule has 7 nitrogen and oxygen atoms in total. The van der Waals surface area contributed by atoms with Gasteiger partial charge in [0.25, 0.3) is 0 Å². The minimum absolute atomic E-state index is 0.0135. The molecule has 0 saturated carbocycles. The van der Waals surface area contributed by atoms with E-state index in [4.69, 9.17) is 4.74 Å². The van der Waals surface area contributed by atoms with Crippen LogP contribution in [0.25, 0.3) is 11.0 Å². The molecule has 0 amide bonds. The summed E-state index contributed by atoms with van der Waals surface area (Å²) in [6.45, 7) is 3.81. The topological polar surface area (TPSA) is 101 Å². The summed E-state index contributed by atoms with van der Waals surface area (Å²) in [4.78, 5) is 19.8. The van der Waals surface area contributed by atoms with Gasteiger partial charge >= 0.3 is 0 Å². The number of aromatic nitrogens is 2. The lowest BCUT2D eigenvalue weighted by Crippen LogP contribution is -2.18. The van der Waals surface area contributed by atoms with E-state index < -0.39 is 38.7 Å². The Balaban J connectivity index is 2.07. The van der Waals surface area contributed by atoms with E-state index in [0.29, 0.717) is 29.8 Å². The van der Waals surface area contributed by atoms with Crippen molar-refractivity contribution in [2.75, 3.05) is 17.1 Å². The van der Waals surface area contributed by atoms with Gasteiger partial charge in [0.05, 0.1) is 29.8 Å². The van der Waals surface area contributed by atoms with E-state index in [2.05, 4.69) is 14.7 Å². The highest BCUT2D eigenvalue weighted by Gasteiger charge is 2.26. The summed E-state index contributed by atoms with van der Waals surface area (Å²) in [7, 11) is -3.82. The first kappa shape index (κ1) is 20.7. The van der Waals surface area contributed by atoms with Crippen LogP contribution in [0, 0.1) is 11.6 Å². The van der Waals surface area contributed by atoms with Crippen molar-refractivity contribution in [1.29, 1.82) is 0 Å². The van der Waals surface area contributed by atoms with Crippen LogP contribution >= 0.6 is 0 Å². The molecule has 3 rings (SSSR count). The number of H-pyrrole nitrogens is 1. The minimum Gasteiger partial charge on any atom is -0.492 e. The van der Waals surface area contributed by atoms with Gasteiger partial charge in [-0.1, -0.05) is 6.92 Å². The number of benzene rings is 1. The number of ketones is 1. The molecule has 0 atom stereocenters. The maximum atomic E-state index is 14.9. The number of aromatic amines is 1. The van der Waals surface area contributed by atoms with Gasteiger partial charge in [-0.3, -0.25) is 9.52 Å². The maximum absolute atomic E-state index is 14.9. The van der Waals surface area contributed by atoms with E-state index in [1.165, 1.54) is 12.4 Å². The molecule has 2 heterocycles. The van der Waals surface area contributed by atoms with Crippen molar-refractivity contribution in [3.63, 3.8) is 0 Å². The van der Waals surface area contributed by atoms with Gasteiger partial charge < -0.3 is 9.72 Å². The summed E-state index contributed by atoms with van der Waals surface area (Å²) >= 11 is 0. The monoisotopic (exact) mass is 423 g/mol. The molecule has 0 aliphatic heterocycles. The summed E-state index contributed by atoms with van der Waals surface area (Å²) in [5, 5.41) is 0.330. The van der Waals surface area contributed by atoms with E-state index in [0.717, 1.165) is 12.1 Å². The number of halogens is 2. The van der Waals surface area contributed by atoms with Crippen molar-refractivity contribution in [2.45, 2.75) is 20.3 Å². The maximum Gasteiger partial charge on any atom is 0.232 e. The van der Waals surface area contributed by atoms with Crippen LogP contribution < -0.4 is 9.46 Å². The average molecular weight is 423 g/mol. The number of anilines is 1. The van der Waals surface area contributed by atoms with Crippen molar-refractivity contribution in [3.05, 3.63) is 53.4 Å². The highest BCUT2D eigenvalue weighted by Crippen LogP contribution is 2.28. The largest absolute Gasteiger partial charge is 0.492 e. The lowest BCUT2D eigenvalue weighted by molar-refractivity contribution is 0.103. The summed E-state index contributed by atoms with van der Waals surface area (Å²) in [5.74, 6) is -3.16. The zero-order valence-corrected chi connectivity index (χ0v) is 16.6. The summed E-state index contributed by atoms with van der Waals surface area (Å²) < 4.78 is 60.6. The van der Waals surface area contributed by atoms with Crippen LogP contribution in [-0.4, -0.2) is 36.5 Å². The molecule has 1 aromatic carbocycles. The average Bonchev–Trinajstić information content (AvgIpc) is 3.07. The van der Waals surface area contributed by atoms with Crippen molar-refractivity contribution in [3.8, 4) is 5.75 Å². The Morgan fingerprint density at radius 2 is 2.03 bits per heavy atom. The number of carbonyl (C=O) groups excluding carboxylic acids is 1. The summed E-state index contributed by atoms with van der Waals surface area (Å²) in [6, 6.07) is 3.33.